The van der Waals surface area contributed by atoms with Gasteiger partial charge < -0.3 is 13.9 Å². The number of hydrogen-bond acceptors (Lipinski definition) is 4. The highest BCUT2D eigenvalue weighted by molar-refractivity contribution is 6.38. The highest BCUT2D eigenvalue weighted by Gasteiger charge is 2.28. The molecule has 0 saturated heterocycles. The smallest absolute Gasteiger partial charge is 0.224 e. The number of aromatic nitrogens is 1. The van der Waals surface area contributed by atoms with Crippen LogP contribution in [0.4, 0.5) is 0 Å². The third-order valence-corrected chi connectivity index (χ3v) is 13.1. The SMILES string of the molecule is CCCCCC(C)CCCCCCC(C)[SiH2]C1Oc2ccc(C(CCC(C)[SiH2]Oc3ccccn3)C(C)CCCC)cc2O1. The molecule has 248 valence electrons. The van der Waals surface area contributed by atoms with Gasteiger partial charge in [0, 0.05) is 6.20 Å². The van der Waals surface area contributed by atoms with Crippen molar-refractivity contribution in [3.05, 3.63) is 48.2 Å². The third-order valence-electron chi connectivity index (χ3n) is 9.78. The number of ether oxygens (including phenoxy) is 2. The van der Waals surface area contributed by atoms with Gasteiger partial charge in [-0.2, -0.15) is 0 Å². The van der Waals surface area contributed by atoms with Crippen LogP contribution in [0.5, 0.6) is 17.4 Å². The lowest BCUT2D eigenvalue weighted by molar-refractivity contribution is 0.122. The topological polar surface area (TPSA) is 40.6 Å². The molecule has 6 unspecified atom stereocenters. The van der Waals surface area contributed by atoms with Crippen LogP contribution >= 0.6 is 0 Å². The van der Waals surface area contributed by atoms with Crippen molar-refractivity contribution in [2.24, 2.45) is 11.8 Å². The van der Waals surface area contributed by atoms with E-state index in [0.29, 0.717) is 17.4 Å². The molecule has 6 atom stereocenters. The van der Waals surface area contributed by atoms with Crippen LogP contribution in [-0.4, -0.2) is 30.2 Å². The molecule has 0 amide bonds. The Balaban J connectivity index is 1.43. The predicted octanol–water partition coefficient (Wildman–Crippen LogP) is 10.3. The molecule has 1 aliphatic rings. The van der Waals surface area contributed by atoms with E-state index < -0.39 is 19.3 Å². The first-order chi connectivity index (χ1) is 21.4. The fourth-order valence-corrected chi connectivity index (χ4v) is 9.50. The van der Waals surface area contributed by atoms with Gasteiger partial charge in [0.2, 0.25) is 15.7 Å². The lowest BCUT2D eigenvalue weighted by Crippen LogP contribution is -2.28. The van der Waals surface area contributed by atoms with Gasteiger partial charge >= 0.3 is 0 Å². The van der Waals surface area contributed by atoms with Crippen molar-refractivity contribution in [2.45, 2.75) is 161 Å². The van der Waals surface area contributed by atoms with Gasteiger partial charge in [-0.25, -0.2) is 4.98 Å². The molecule has 3 rings (SSSR count). The van der Waals surface area contributed by atoms with E-state index in [-0.39, 0.29) is 5.91 Å². The lowest BCUT2D eigenvalue weighted by Gasteiger charge is -2.26. The second-order valence-corrected chi connectivity index (χ2v) is 18.7. The molecule has 0 bridgehead atoms. The summed E-state index contributed by atoms with van der Waals surface area (Å²) < 4.78 is 18.9. The summed E-state index contributed by atoms with van der Waals surface area (Å²) in [4.78, 5) is 4.34. The zero-order chi connectivity index (χ0) is 31.6. The molecule has 0 spiro atoms. The monoisotopic (exact) mass is 639 g/mol. The number of nitrogens with zero attached hydrogens (tertiary/aromatic N) is 1. The zero-order valence-electron chi connectivity index (χ0n) is 29.2. The predicted molar refractivity (Wildman–Crippen MR) is 194 cm³/mol. The largest absolute Gasteiger partial charge is 0.536 e. The Labute approximate surface area is 275 Å². The average Bonchev–Trinajstić information content (AvgIpc) is 3.42. The highest BCUT2D eigenvalue weighted by atomic mass is 28.2. The van der Waals surface area contributed by atoms with Crippen LogP contribution in [-0.2, 0) is 0 Å². The quantitative estimate of drug-likeness (QED) is 0.0846. The molecule has 1 aliphatic heterocycles. The van der Waals surface area contributed by atoms with Gasteiger partial charge in [0.15, 0.2) is 17.4 Å². The molecule has 0 radical (unpaired) electrons. The van der Waals surface area contributed by atoms with E-state index in [1.807, 2.05) is 24.4 Å². The number of pyridine rings is 1. The molecule has 0 fully saturated rings. The summed E-state index contributed by atoms with van der Waals surface area (Å²) in [6.45, 7) is 14.3. The molecular formula is C38H65NO3Si2. The van der Waals surface area contributed by atoms with Crippen LogP contribution in [0.25, 0.3) is 0 Å². The molecule has 4 nitrogen and oxygen atoms in total. The van der Waals surface area contributed by atoms with Gasteiger partial charge in [-0.05, 0) is 71.5 Å². The molecule has 0 N–H and O–H groups in total. The Morgan fingerprint density at radius 2 is 1.45 bits per heavy atom. The lowest BCUT2D eigenvalue weighted by atomic mass is 9.81. The van der Waals surface area contributed by atoms with E-state index in [0.717, 1.165) is 28.8 Å². The summed E-state index contributed by atoms with van der Waals surface area (Å²) in [6, 6.07) is 12.7. The maximum atomic E-state index is 6.47. The Bertz CT molecular complexity index is 1020. The minimum Gasteiger partial charge on any atom is -0.536 e. The van der Waals surface area contributed by atoms with Crippen molar-refractivity contribution in [2.75, 3.05) is 0 Å². The van der Waals surface area contributed by atoms with E-state index in [2.05, 4.69) is 64.7 Å². The first kappa shape index (κ1) is 36.7. The van der Waals surface area contributed by atoms with Crippen LogP contribution in [0.1, 0.15) is 149 Å². The molecule has 44 heavy (non-hydrogen) atoms. The number of benzene rings is 1. The van der Waals surface area contributed by atoms with Gasteiger partial charge in [-0.15, -0.1) is 0 Å². The average molecular weight is 640 g/mol. The minimum atomic E-state index is -0.674. The van der Waals surface area contributed by atoms with Crippen molar-refractivity contribution >= 4 is 19.3 Å². The first-order valence-corrected chi connectivity index (χ1v) is 21.4. The van der Waals surface area contributed by atoms with E-state index in [1.54, 1.807) is 0 Å². The van der Waals surface area contributed by atoms with Gasteiger partial charge in [0.1, 0.15) is 9.52 Å². The minimum absolute atomic E-state index is 0.00930. The Morgan fingerprint density at radius 3 is 2.18 bits per heavy atom. The number of rotatable bonds is 24. The summed E-state index contributed by atoms with van der Waals surface area (Å²) in [6.07, 6.45) is 21.9. The number of hydrogen-bond donors (Lipinski definition) is 0. The van der Waals surface area contributed by atoms with Crippen molar-refractivity contribution in [3.8, 4) is 17.4 Å². The summed E-state index contributed by atoms with van der Waals surface area (Å²) in [5.41, 5.74) is 2.79. The first-order valence-electron chi connectivity index (χ1n) is 18.4. The van der Waals surface area contributed by atoms with Crippen LogP contribution in [0, 0.1) is 11.8 Å². The number of unbranched alkanes of at least 4 members (excludes halogenated alkanes) is 6. The standard InChI is InChI=1S/C38H65NO3Si2/c1-7-9-13-18-29(3)19-14-11-12-15-21-31(5)43-38-40-35-26-24-33(28-36(35)41-38)34(30(4)20-10-8-2)25-23-32(6)44-42-37-22-16-17-27-39-37/h16-17,22,24,26-32,34,38H,7-15,18-21,23,25,43-44H2,1-6H3. The van der Waals surface area contributed by atoms with Crippen LogP contribution < -0.4 is 13.9 Å². The molecule has 2 heterocycles. The van der Waals surface area contributed by atoms with Crippen molar-refractivity contribution in [1.29, 1.82) is 0 Å². The fourth-order valence-electron chi connectivity index (χ4n) is 6.74. The summed E-state index contributed by atoms with van der Waals surface area (Å²) in [7, 11) is -1.16. The maximum Gasteiger partial charge on any atom is 0.224 e. The van der Waals surface area contributed by atoms with E-state index >= 15 is 0 Å². The van der Waals surface area contributed by atoms with Gasteiger partial charge in [0.25, 0.3) is 0 Å². The van der Waals surface area contributed by atoms with Gasteiger partial charge in [-0.3, -0.25) is 0 Å². The van der Waals surface area contributed by atoms with Crippen molar-refractivity contribution < 1.29 is 13.9 Å². The Morgan fingerprint density at radius 1 is 0.727 bits per heavy atom. The molecular weight excluding hydrogens is 575 g/mol. The molecule has 1 aromatic heterocycles. The van der Waals surface area contributed by atoms with Crippen molar-refractivity contribution in [1.82, 2.24) is 4.98 Å². The molecule has 0 aliphatic carbocycles. The second-order valence-electron chi connectivity index (χ2n) is 14.2. The zero-order valence-corrected chi connectivity index (χ0v) is 32.0. The third kappa shape index (κ3) is 13.7. The molecule has 6 heteroatoms. The molecule has 2 aromatic rings. The summed E-state index contributed by atoms with van der Waals surface area (Å²) in [5, 5.41) is 0. The molecule has 1 aromatic carbocycles. The second kappa shape index (κ2) is 21.1. The Hall–Kier alpha value is -1.80. The van der Waals surface area contributed by atoms with Gasteiger partial charge in [0.05, 0.1) is 0 Å². The van der Waals surface area contributed by atoms with Crippen molar-refractivity contribution in [3.63, 3.8) is 0 Å². The highest BCUT2D eigenvalue weighted by Crippen LogP contribution is 2.41. The van der Waals surface area contributed by atoms with Crippen LogP contribution in [0.2, 0.25) is 11.1 Å². The molecule has 0 saturated carbocycles. The van der Waals surface area contributed by atoms with Crippen LogP contribution in [0.3, 0.4) is 0 Å². The normalized spacial score (nSPS) is 18.2. The van der Waals surface area contributed by atoms with E-state index in [1.165, 1.54) is 102 Å². The summed E-state index contributed by atoms with van der Waals surface area (Å²) >= 11 is 0. The van der Waals surface area contributed by atoms with E-state index in [4.69, 9.17) is 13.9 Å². The summed E-state index contributed by atoms with van der Waals surface area (Å²) in [5.74, 6) is 4.80. The number of fused-ring (bicyclic) bond motifs is 1. The van der Waals surface area contributed by atoms with Gasteiger partial charge in [-0.1, -0.05) is 137 Å². The van der Waals surface area contributed by atoms with Crippen LogP contribution in [0.15, 0.2) is 42.6 Å². The van der Waals surface area contributed by atoms with E-state index in [9.17, 15) is 0 Å². The maximum absolute atomic E-state index is 6.47. The fraction of sp³-hybridized carbons (Fsp3) is 0.711. The Kier molecular flexibility index (Phi) is 17.6.